The maximum absolute atomic E-state index is 6.16. The van der Waals surface area contributed by atoms with E-state index in [2.05, 4.69) is 64.7 Å². The molecule has 0 spiro atoms. The second kappa shape index (κ2) is 7.25. The van der Waals surface area contributed by atoms with Gasteiger partial charge in [-0.3, -0.25) is 0 Å². The minimum Gasteiger partial charge on any atom is -0.356 e. The van der Waals surface area contributed by atoms with Crippen molar-refractivity contribution in [1.29, 1.82) is 0 Å². The van der Waals surface area contributed by atoms with Gasteiger partial charge < -0.3 is 10.6 Å². The van der Waals surface area contributed by atoms with Crippen molar-refractivity contribution >= 4 is 50.5 Å². The fraction of sp³-hybridized carbons (Fsp3) is 0.188. The lowest BCUT2D eigenvalue weighted by Gasteiger charge is -2.18. The summed E-state index contributed by atoms with van der Waals surface area (Å²) >= 11 is 14.9. The zero-order valence-corrected chi connectivity index (χ0v) is 14.9. The standard InChI is InChI=1S/C16H16BrClN2S/c1-10-3-5-12(6-4-10)11(2)19-16(21)20-15-8-7-13(17)9-14(15)18/h3-9,11H,1-2H3,(H2,19,20,21). The molecule has 0 amide bonds. The van der Waals surface area contributed by atoms with Crippen LogP contribution in [0, 0.1) is 6.92 Å². The van der Waals surface area contributed by atoms with E-state index < -0.39 is 0 Å². The fourth-order valence-electron chi connectivity index (χ4n) is 1.88. The van der Waals surface area contributed by atoms with Gasteiger partial charge in [-0.1, -0.05) is 57.4 Å². The Morgan fingerprint density at radius 2 is 1.86 bits per heavy atom. The molecule has 0 saturated carbocycles. The lowest BCUT2D eigenvalue weighted by atomic mass is 10.1. The number of nitrogens with one attached hydrogen (secondary N) is 2. The molecule has 0 bridgehead atoms. The monoisotopic (exact) mass is 382 g/mol. The maximum Gasteiger partial charge on any atom is 0.171 e. The van der Waals surface area contributed by atoms with Crippen LogP contribution in [0.2, 0.25) is 5.02 Å². The van der Waals surface area contributed by atoms with E-state index in [1.54, 1.807) is 0 Å². The Morgan fingerprint density at radius 1 is 1.19 bits per heavy atom. The van der Waals surface area contributed by atoms with Crippen molar-refractivity contribution in [2.24, 2.45) is 0 Å². The SMILES string of the molecule is Cc1ccc(C(C)NC(=S)Nc2ccc(Br)cc2Cl)cc1. The first kappa shape index (κ1) is 16.3. The molecule has 5 heteroatoms. The van der Waals surface area contributed by atoms with Crippen LogP contribution in [0.4, 0.5) is 5.69 Å². The van der Waals surface area contributed by atoms with Crippen molar-refractivity contribution in [3.8, 4) is 0 Å². The molecule has 0 radical (unpaired) electrons. The van der Waals surface area contributed by atoms with Crippen molar-refractivity contribution in [2.75, 3.05) is 5.32 Å². The van der Waals surface area contributed by atoms with Crippen LogP contribution in [0.15, 0.2) is 46.9 Å². The Bertz CT molecular complexity index is 643. The van der Waals surface area contributed by atoms with Gasteiger partial charge in [0.05, 0.1) is 16.8 Å². The maximum atomic E-state index is 6.16. The molecule has 110 valence electrons. The lowest BCUT2D eigenvalue weighted by Crippen LogP contribution is -2.30. The van der Waals surface area contributed by atoms with Crippen LogP contribution in [0.3, 0.4) is 0 Å². The van der Waals surface area contributed by atoms with Gasteiger partial charge in [0.25, 0.3) is 0 Å². The van der Waals surface area contributed by atoms with E-state index in [-0.39, 0.29) is 6.04 Å². The highest BCUT2D eigenvalue weighted by Gasteiger charge is 2.08. The number of aryl methyl sites for hydroxylation is 1. The quantitative estimate of drug-likeness (QED) is 0.688. The number of rotatable bonds is 3. The molecule has 0 heterocycles. The van der Waals surface area contributed by atoms with E-state index in [0.29, 0.717) is 10.1 Å². The molecule has 21 heavy (non-hydrogen) atoms. The molecule has 2 aromatic carbocycles. The fourth-order valence-corrected chi connectivity index (χ4v) is 2.89. The Hall–Kier alpha value is -1.10. The molecule has 1 atom stereocenters. The number of hydrogen-bond donors (Lipinski definition) is 2. The van der Waals surface area contributed by atoms with Crippen molar-refractivity contribution in [1.82, 2.24) is 5.32 Å². The van der Waals surface area contributed by atoms with Gasteiger partial charge >= 0.3 is 0 Å². The van der Waals surface area contributed by atoms with Gasteiger partial charge in [0, 0.05) is 4.47 Å². The molecule has 0 aliphatic heterocycles. The smallest absolute Gasteiger partial charge is 0.171 e. The van der Waals surface area contributed by atoms with Crippen LogP contribution in [-0.2, 0) is 0 Å². The summed E-state index contributed by atoms with van der Waals surface area (Å²) in [5.74, 6) is 0. The third-order valence-electron chi connectivity index (χ3n) is 3.10. The Labute approximate surface area is 144 Å². The molecule has 0 aliphatic carbocycles. The summed E-state index contributed by atoms with van der Waals surface area (Å²) in [5.41, 5.74) is 3.22. The van der Waals surface area contributed by atoms with Crippen LogP contribution >= 0.6 is 39.7 Å². The third-order valence-corrected chi connectivity index (χ3v) is 4.13. The summed E-state index contributed by atoms with van der Waals surface area (Å²) in [4.78, 5) is 0. The molecule has 0 aromatic heterocycles. The average Bonchev–Trinajstić information content (AvgIpc) is 2.42. The topological polar surface area (TPSA) is 24.1 Å². The van der Waals surface area contributed by atoms with Gasteiger partial charge in [-0.05, 0) is 49.8 Å². The normalized spacial score (nSPS) is 11.8. The van der Waals surface area contributed by atoms with E-state index in [0.717, 1.165) is 10.2 Å². The molecule has 2 N–H and O–H groups in total. The van der Waals surface area contributed by atoms with Crippen LogP contribution in [0.1, 0.15) is 24.1 Å². The first-order chi connectivity index (χ1) is 9.95. The number of thiocarbonyl (C=S) groups is 1. The summed E-state index contributed by atoms with van der Waals surface area (Å²) in [7, 11) is 0. The molecular formula is C16H16BrClN2S. The largest absolute Gasteiger partial charge is 0.356 e. The number of anilines is 1. The first-order valence-corrected chi connectivity index (χ1v) is 8.13. The van der Waals surface area contributed by atoms with Crippen molar-refractivity contribution in [3.63, 3.8) is 0 Å². The summed E-state index contributed by atoms with van der Waals surface area (Å²) in [6.07, 6.45) is 0. The van der Waals surface area contributed by atoms with Gasteiger partial charge in [-0.2, -0.15) is 0 Å². The number of hydrogen-bond acceptors (Lipinski definition) is 1. The van der Waals surface area contributed by atoms with Gasteiger partial charge in [-0.25, -0.2) is 0 Å². The van der Waals surface area contributed by atoms with Gasteiger partial charge in [0.2, 0.25) is 0 Å². The zero-order chi connectivity index (χ0) is 15.4. The Balaban J connectivity index is 1.99. The van der Waals surface area contributed by atoms with E-state index >= 15 is 0 Å². The molecule has 2 nitrogen and oxygen atoms in total. The Kier molecular flexibility index (Phi) is 5.62. The van der Waals surface area contributed by atoms with Crippen molar-refractivity contribution in [2.45, 2.75) is 19.9 Å². The predicted molar refractivity (Wildman–Crippen MR) is 98.1 cm³/mol. The predicted octanol–water partition coefficient (Wildman–Crippen LogP) is 5.46. The third kappa shape index (κ3) is 4.70. The van der Waals surface area contributed by atoms with E-state index in [1.807, 2.05) is 18.2 Å². The minimum absolute atomic E-state index is 0.125. The zero-order valence-electron chi connectivity index (χ0n) is 11.8. The molecule has 2 aromatic rings. The van der Waals surface area contributed by atoms with Crippen LogP contribution in [-0.4, -0.2) is 5.11 Å². The van der Waals surface area contributed by atoms with Crippen LogP contribution in [0.25, 0.3) is 0 Å². The second-order valence-electron chi connectivity index (χ2n) is 4.86. The highest BCUT2D eigenvalue weighted by atomic mass is 79.9. The Morgan fingerprint density at radius 3 is 2.48 bits per heavy atom. The van der Waals surface area contributed by atoms with Gasteiger partial charge in [0.1, 0.15) is 0 Å². The number of benzene rings is 2. The second-order valence-corrected chi connectivity index (χ2v) is 6.59. The van der Waals surface area contributed by atoms with Gasteiger partial charge in [-0.15, -0.1) is 0 Å². The molecule has 0 saturated heterocycles. The lowest BCUT2D eigenvalue weighted by molar-refractivity contribution is 0.722. The average molecular weight is 384 g/mol. The van der Waals surface area contributed by atoms with Crippen molar-refractivity contribution in [3.05, 3.63) is 63.1 Å². The molecule has 0 aliphatic rings. The highest BCUT2D eigenvalue weighted by Crippen LogP contribution is 2.25. The van der Waals surface area contributed by atoms with Gasteiger partial charge in [0.15, 0.2) is 5.11 Å². The molecule has 0 fully saturated rings. The summed E-state index contributed by atoms with van der Waals surface area (Å²) in [6.45, 7) is 4.14. The molecular weight excluding hydrogens is 368 g/mol. The van der Waals surface area contributed by atoms with E-state index in [9.17, 15) is 0 Å². The van der Waals surface area contributed by atoms with Crippen LogP contribution < -0.4 is 10.6 Å². The summed E-state index contributed by atoms with van der Waals surface area (Å²) in [5, 5.41) is 7.54. The van der Waals surface area contributed by atoms with Crippen LogP contribution in [0.5, 0.6) is 0 Å². The molecule has 1 unspecified atom stereocenters. The minimum atomic E-state index is 0.125. The van der Waals surface area contributed by atoms with E-state index in [4.69, 9.17) is 23.8 Å². The first-order valence-electron chi connectivity index (χ1n) is 6.55. The molecule has 2 rings (SSSR count). The highest BCUT2D eigenvalue weighted by molar-refractivity contribution is 9.10. The van der Waals surface area contributed by atoms with E-state index in [1.165, 1.54) is 11.1 Å². The van der Waals surface area contributed by atoms with Crippen molar-refractivity contribution < 1.29 is 0 Å². The number of halogens is 2. The summed E-state index contributed by atoms with van der Waals surface area (Å²) < 4.78 is 0.935. The summed E-state index contributed by atoms with van der Waals surface area (Å²) in [6, 6.07) is 14.1.